The number of aryl methyl sites for hydroxylation is 1. The molecule has 0 radical (unpaired) electrons. The number of hydrogen-bond acceptors (Lipinski definition) is 3. The lowest BCUT2D eigenvalue weighted by molar-refractivity contribution is -0.0444. The molecule has 4 heteroatoms. The average Bonchev–Trinajstić information content (AvgIpc) is 2.52. The van der Waals surface area contributed by atoms with Crippen molar-refractivity contribution in [2.45, 2.75) is 45.4 Å². The summed E-state index contributed by atoms with van der Waals surface area (Å²) in [6, 6.07) is 5.95. The molecule has 1 aromatic carbocycles. The zero-order valence-corrected chi connectivity index (χ0v) is 13.9. The number of rotatable bonds is 4. The minimum absolute atomic E-state index is 0.169. The molecule has 0 saturated heterocycles. The molecular formula is C19H27N3O. The van der Waals surface area contributed by atoms with Gasteiger partial charge < -0.3 is 16.3 Å². The van der Waals surface area contributed by atoms with Crippen molar-refractivity contribution in [1.29, 1.82) is 0 Å². The van der Waals surface area contributed by atoms with Crippen LogP contribution in [0.2, 0.25) is 0 Å². The molecule has 4 aliphatic rings. The first-order valence-corrected chi connectivity index (χ1v) is 8.89. The highest BCUT2D eigenvalue weighted by Gasteiger charge is 2.50. The fraction of sp³-hybridized carbons (Fsp3) is 0.632. The minimum atomic E-state index is 0.169. The quantitative estimate of drug-likeness (QED) is 0.343. The molecule has 0 heterocycles. The van der Waals surface area contributed by atoms with Crippen LogP contribution in [0.1, 0.15) is 49.7 Å². The molecule has 0 spiro atoms. The Hall–Kier alpha value is -1.71. The fourth-order valence-electron chi connectivity index (χ4n) is 5.82. The van der Waals surface area contributed by atoms with Gasteiger partial charge in [-0.1, -0.05) is 17.3 Å². The number of hydrogen-bond donors (Lipinski definition) is 3. The molecule has 0 aromatic heterocycles. The van der Waals surface area contributed by atoms with Crippen molar-refractivity contribution >= 4 is 11.5 Å². The summed E-state index contributed by atoms with van der Waals surface area (Å²) >= 11 is 0. The van der Waals surface area contributed by atoms with E-state index in [2.05, 4.69) is 17.4 Å². The van der Waals surface area contributed by atoms with Crippen LogP contribution in [0.15, 0.2) is 23.4 Å². The summed E-state index contributed by atoms with van der Waals surface area (Å²) in [4.78, 5) is 0. The van der Waals surface area contributed by atoms with Gasteiger partial charge in [0.1, 0.15) is 0 Å². The Morgan fingerprint density at radius 3 is 2.39 bits per heavy atom. The molecule has 1 aromatic rings. The van der Waals surface area contributed by atoms with Crippen molar-refractivity contribution < 1.29 is 5.21 Å². The SMILES string of the molecule is Cc1ccc(C(N)=NO)cc1NCC12CC3CC(CC(C3)C1)C2. The van der Waals surface area contributed by atoms with Crippen molar-refractivity contribution in [3.8, 4) is 0 Å². The van der Waals surface area contributed by atoms with Crippen molar-refractivity contribution in [2.75, 3.05) is 11.9 Å². The molecule has 0 atom stereocenters. The Kier molecular flexibility index (Phi) is 3.51. The van der Waals surface area contributed by atoms with Crippen LogP contribution in [-0.2, 0) is 0 Å². The van der Waals surface area contributed by atoms with Crippen molar-refractivity contribution in [2.24, 2.45) is 34.1 Å². The van der Waals surface area contributed by atoms with Gasteiger partial charge in [0.05, 0.1) is 0 Å². The van der Waals surface area contributed by atoms with Crippen molar-refractivity contribution in [3.63, 3.8) is 0 Å². The molecule has 4 aliphatic carbocycles. The molecule has 4 bridgehead atoms. The Labute approximate surface area is 138 Å². The molecule has 5 rings (SSSR count). The lowest BCUT2D eigenvalue weighted by atomic mass is 9.49. The van der Waals surface area contributed by atoms with E-state index in [0.29, 0.717) is 5.41 Å². The van der Waals surface area contributed by atoms with Gasteiger partial charge in [0.25, 0.3) is 0 Å². The van der Waals surface area contributed by atoms with Gasteiger partial charge in [-0.05, 0) is 80.2 Å². The lowest BCUT2D eigenvalue weighted by Gasteiger charge is -2.57. The van der Waals surface area contributed by atoms with E-state index in [1.807, 2.05) is 18.2 Å². The number of nitrogens with zero attached hydrogens (tertiary/aromatic N) is 1. The van der Waals surface area contributed by atoms with Crippen LogP contribution in [0, 0.1) is 30.1 Å². The summed E-state index contributed by atoms with van der Waals surface area (Å²) in [5.74, 6) is 3.11. The summed E-state index contributed by atoms with van der Waals surface area (Å²) in [5, 5.41) is 15.7. The van der Waals surface area contributed by atoms with E-state index in [0.717, 1.165) is 35.5 Å². The molecule has 124 valence electrons. The van der Waals surface area contributed by atoms with Crippen LogP contribution in [0.4, 0.5) is 5.69 Å². The van der Waals surface area contributed by atoms with Gasteiger partial charge in [0, 0.05) is 17.8 Å². The van der Waals surface area contributed by atoms with Crippen LogP contribution in [0.3, 0.4) is 0 Å². The molecule has 0 amide bonds. The second kappa shape index (κ2) is 5.43. The van der Waals surface area contributed by atoms with Gasteiger partial charge in [-0.25, -0.2) is 0 Å². The maximum atomic E-state index is 8.87. The fourth-order valence-corrected chi connectivity index (χ4v) is 5.82. The van der Waals surface area contributed by atoms with Gasteiger partial charge >= 0.3 is 0 Å². The normalized spacial score (nSPS) is 35.5. The average molecular weight is 313 g/mol. The number of anilines is 1. The molecule has 0 unspecified atom stereocenters. The third-order valence-electron chi connectivity index (χ3n) is 6.46. The number of oxime groups is 1. The molecule has 4 fully saturated rings. The highest BCUT2D eigenvalue weighted by Crippen LogP contribution is 2.59. The summed E-state index contributed by atoms with van der Waals surface area (Å²) in [6.07, 6.45) is 8.67. The molecule has 4 nitrogen and oxygen atoms in total. The van der Waals surface area contributed by atoms with E-state index in [4.69, 9.17) is 10.9 Å². The summed E-state index contributed by atoms with van der Waals surface area (Å²) in [5.41, 5.74) is 9.33. The second-order valence-electron chi connectivity index (χ2n) is 8.29. The second-order valence-corrected chi connectivity index (χ2v) is 8.29. The number of nitrogens with two attached hydrogens (primary N) is 1. The van der Waals surface area contributed by atoms with Gasteiger partial charge in [-0.3, -0.25) is 0 Å². The van der Waals surface area contributed by atoms with E-state index < -0.39 is 0 Å². The summed E-state index contributed by atoms with van der Waals surface area (Å²) < 4.78 is 0. The Bertz CT molecular complexity index is 602. The first-order valence-electron chi connectivity index (χ1n) is 8.89. The monoisotopic (exact) mass is 313 g/mol. The first-order chi connectivity index (χ1) is 11.1. The van der Waals surface area contributed by atoms with Gasteiger partial charge in [-0.15, -0.1) is 0 Å². The zero-order chi connectivity index (χ0) is 16.0. The predicted molar refractivity (Wildman–Crippen MR) is 92.8 cm³/mol. The van der Waals surface area contributed by atoms with E-state index >= 15 is 0 Å². The van der Waals surface area contributed by atoms with Crippen LogP contribution < -0.4 is 11.1 Å². The summed E-state index contributed by atoms with van der Waals surface area (Å²) in [6.45, 7) is 3.18. The molecular weight excluding hydrogens is 286 g/mol. The maximum Gasteiger partial charge on any atom is 0.170 e. The Balaban J connectivity index is 1.51. The Morgan fingerprint density at radius 1 is 1.22 bits per heavy atom. The number of amidine groups is 1. The van der Waals surface area contributed by atoms with E-state index in [-0.39, 0.29) is 5.84 Å². The topological polar surface area (TPSA) is 70.6 Å². The molecule has 4 saturated carbocycles. The van der Waals surface area contributed by atoms with Crippen LogP contribution in [0.25, 0.3) is 0 Å². The zero-order valence-electron chi connectivity index (χ0n) is 13.9. The molecule has 0 aliphatic heterocycles. The Morgan fingerprint density at radius 2 is 1.83 bits per heavy atom. The van der Waals surface area contributed by atoms with Crippen molar-refractivity contribution in [1.82, 2.24) is 0 Å². The smallest absolute Gasteiger partial charge is 0.170 e. The lowest BCUT2D eigenvalue weighted by Crippen LogP contribution is -2.49. The minimum Gasteiger partial charge on any atom is -0.409 e. The number of nitrogens with one attached hydrogen (secondary N) is 1. The summed E-state index contributed by atoms with van der Waals surface area (Å²) in [7, 11) is 0. The van der Waals surface area contributed by atoms with Crippen molar-refractivity contribution in [3.05, 3.63) is 29.3 Å². The van der Waals surface area contributed by atoms with Crippen LogP contribution in [0.5, 0.6) is 0 Å². The molecule has 4 N–H and O–H groups in total. The van der Waals surface area contributed by atoms with E-state index in [9.17, 15) is 0 Å². The van der Waals surface area contributed by atoms with Gasteiger partial charge in [-0.2, -0.15) is 0 Å². The molecule has 23 heavy (non-hydrogen) atoms. The van der Waals surface area contributed by atoms with E-state index in [1.54, 1.807) is 0 Å². The predicted octanol–water partition coefficient (Wildman–Crippen LogP) is 3.72. The highest BCUT2D eigenvalue weighted by atomic mass is 16.4. The van der Waals surface area contributed by atoms with E-state index in [1.165, 1.54) is 44.1 Å². The third kappa shape index (κ3) is 2.68. The van der Waals surface area contributed by atoms with Gasteiger partial charge in [0.15, 0.2) is 5.84 Å². The number of benzene rings is 1. The third-order valence-corrected chi connectivity index (χ3v) is 6.46. The van der Waals surface area contributed by atoms with Crippen LogP contribution in [-0.4, -0.2) is 17.6 Å². The first kappa shape index (κ1) is 14.9. The highest BCUT2D eigenvalue weighted by molar-refractivity contribution is 5.98. The maximum absolute atomic E-state index is 8.87. The van der Waals surface area contributed by atoms with Gasteiger partial charge in [0.2, 0.25) is 0 Å². The van der Waals surface area contributed by atoms with Crippen LogP contribution >= 0.6 is 0 Å². The largest absolute Gasteiger partial charge is 0.409 e. The standard InChI is InChI=1S/C19H27N3O/c1-12-2-3-16(18(20)22-23)7-17(12)21-11-19-8-13-4-14(9-19)6-15(5-13)10-19/h2-3,7,13-15,21,23H,4-6,8-11H2,1H3,(H2,20,22).